The number of nitrogens with zero attached hydrogens (tertiary/aromatic N) is 5. The molecule has 0 fully saturated rings. The van der Waals surface area contributed by atoms with Crippen LogP contribution in [0.15, 0.2) is 55.0 Å². The summed E-state index contributed by atoms with van der Waals surface area (Å²) < 4.78 is 28.6. The van der Waals surface area contributed by atoms with Crippen LogP contribution in [0.4, 0.5) is 11.5 Å². The fourth-order valence-electron chi connectivity index (χ4n) is 2.41. The lowest BCUT2D eigenvalue weighted by Gasteiger charge is -2.22. The molecule has 9 nitrogen and oxygen atoms in total. The fourth-order valence-corrected chi connectivity index (χ4v) is 3.26. The summed E-state index contributed by atoms with van der Waals surface area (Å²) in [4.78, 5) is 12.3. The molecule has 10 heteroatoms. The van der Waals surface area contributed by atoms with E-state index in [1.807, 2.05) is 0 Å². The molecule has 0 aliphatic rings. The van der Waals surface area contributed by atoms with Gasteiger partial charge in [-0.25, -0.2) is 13.1 Å². The summed E-state index contributed by atoms with van der Waals surface area (Å²) in [5.41, 5.74) is 1.06. The minimum absolute atomic E-state index is 0.358. The lowest BCUT2D eigenvalue weighted by atomic mass is 10.2. The number of rotatable bonds is 6. The van der Waals surface area contributed by atoms with Crippen molar-refractivity contribution in [2.75, 3.05) is 22.4 Å². The standard InChI is InChI=1S/C16H18N6O3S/c1-20-10-7-15(19-20)18-16(23)12-22(26(2,24)25)14-6-3-5-13(11-14)21-9-4-8-17-21/h3-11H,12H2,1-2H3,(H,18,19,23). The highest BCUT2D eigenvalue weighted by atomic mass is 32.2. The van der Waals surface area contributed by atoms with Crippen LogP contribution in [-0.4, -0.2) is 46.7 Å². The number of sulfonamides is 1. The van der Waals surface area contributed by atoms with Gasteiger partial charge in [0.05, 0.1) is 17.6 Å². The number of anilines is 2. The summed E-state index contributed by atoms with van der Waals surface area (Å²) in [5, 5.41) is 10.8. The van der Waals surface area contributed by atoms with Crippen molar-refractivity contribution >= 4 is 27.4 Å². The maximum Gasteiger partial charge on any atom is 0.246 e. The largest absolute Gasteiger partial charge is 0.308 e. The number of amides is 1. The van der Waals surface area contributed by atoms with Crippen molar-refractivity contribution in [3.05, 3.63) is 55.0 Å². The van der Waals surface area contributed by atoms with E-state index in [1.165, 1.54) is 4.68 Å². The van der Waals surface area contributed by atoms with E-state index in [-0.39, 0.29) is 6.54 Å². The van der Waals surface area contributed by atoms with E-state index in [0.717, 1.165) is 10.6 Å². The number of hydrogen-bond acceptors (Lipinski definition) is 5. The second-order valence-corrected chi connectivity index (χ2v) is 7.57. The van der Waals surface area contributed by atoms with E-state index in [0.29, 0.717) is 17.2 Å². The van der Waals surface area contributed by atoms with Crippen LogP contribution in [0.3, 0.4) is 0 Å². The highest BCUT2D eigenvalue weighted by Gasteiger charge is 2.21. The van der Waals surface area contributed by atoms with E-state index in [4.69, 9.17) is 0 Å². The summed E-state index contributed by atoms with van der Waals surface area (Å²) in [7, 11) is -1.95. The minimum atomic E-state index is -3.67. The Kier molecular flexibility index (Phi) is 4.76. The monoisotopic (exact) mass is 374 g/mol. The molecule has 3 rings (SSSR count). The van der Waals surface area contributed by atoms with Crippen LogP contribution >= 0.6 is 0 Å². The van der Waals surface area contributed by atoms with Crippen LogP contribution in [-0.2, 0) is 21.9 Å². The highest BCUT2D eigenvalue weighted by molar-refractivity contribution is 7.92. The van der Waals surface area contributed by atoms with Crippen LogP contribution in [0.25, 0.3) is 5.69 Å². The molecule has 1 N–H and O–H groups in total. The topological polar surface area (TPSA) is 102 Å². The molecule has 3 aromatic rings. The quantitative estimate of drug-likeness (QED) is 0.694. The Morgan fingerprint density at radius 3 is 2.65 bits per heavy atom. The Labute approximate surface area is 150 Å². The number of benzene rings is 1. The van der Waals surface area contributed by atoms with E-state index in [2.05, 4.69) is 15.5 Å². The van der Waals surface area contributed by atoms with Gasteiger partial charge in [0.15, 0.2) is 5.82 Å². The first-order valence-electron chi connectivity index (χ1n) is 7.70. The Morgan fingerprint density at radius 1 is 1.23 bits per heavy atom. The first kappa shape index (κ1) is 17.7. The second-order valence-electron chi connectivity index (χ2n) is 5.66. The predicted molar refractivity (Wildman–Crippen MR) is 97.6 cm³/mol. The van der Waals surface area contributed by atoms with Crippen molar-refractivity contribution in [3.63, 3.8) is 0 Å². The molecule has 0 atom stereocenters. The van der Waals surface area contributed by atoms with Crippen molar-refractivity contribution in [2.24, 2.45) is 7.05 Å². The highest BCUT2D eigenvalue weighted by Crippen LogP contribution is 2.21. The summed E-state index contributed by atoms with van der Waals surface area (Å²) in [5.74, 6) is -0.130. The van der Waals surface area contributed by atoms with E-state index < -0.39 is 15.9 Å². The third-order valence-electron chi connectivity index (χ3n) is 3.56. The van der Waals surface area contributed by atoms with Crippen molar-refractivity contribution in [3.8, 4) is 5.69 Å². The minimum Gasteiger partial charge on any atom is -0.308 e. The zero-order valence-electron chi connectivity index (χ0n) is 14.3. The Balaban J connectivity index is 1.85. The van der Waals surface area contributed by atoms with Gasteiger partial charge >= 0.3 is 0 Å². The maximum absolute atomic E-state index is 12.3. The molecular weight excluding hydrogens is 356 g/mol. The molecule has 1 aromatic carbocycles. The summed E-state index contributed by atoms with van der Waals surface area (Å²) in [6, 6.07) is 10.2. The summed E-state index contributed by atoms with van der Waals surface area (Å²) in [6.07, 6.45) is 6.11. The molecule has 0 aliphatic heterocycles. The van der Waals surface area contributed by atoms with Crippen molar-refractivity contribution < 1.29 is 13.2 Å². The molecule has 0 radical (unpaired) electrons. The molecule has 1 amide bonds. The Bertz CT molecular complexity index is 1010. The van der Waals surface area contributed by atoms with E-state index in [1.54, 1.807) is 66.7 Å². The van der Waals surface area contributed by atoms with Crippen molar-refractivity contribution in [2.45, 2.75) is 0 Å². The molecule has 0 spiro atoms. The molecular formula is C16H18N6O3S. The number of carbonyl (C=O) groups excluding carboxylic acids is 1. The van der Waals surface area contributed by atoms with Crippen LogP contribution in [0.1, 0.15) is 0 Å². The molecule has 2 aromatic heterocycles. The number of aryl methyl sites for hydroxylation is 1. The van der Waals surface area contributed by atoms with Gasteiger partial charge < -0.3 is 5.32 Å². The normalized spacial score (nSPS) is 11.3. The van der Waals surface area contributed by atoms with Crippen LogP contribution < -0.4 is 9.62 Å². The van der Waals surface area contributed by atoms with Crippen molar-refractivity contribution in [1.29, 1.82) is 0 Å². The lowest BCUT2D eigenvalue weighted by Crippen LogP contribution is -2.37. The average molecular weight is 374 g/mol. The predicted octanol–water partition coefficient (Wildman–Crippen LogP) is 1.01. The Morgan fingerprint density at radius 2 is 2.04 bits per heavy atom. The summed E-state index contributed by atoms with van der Waals surface area (Å²) >= 11 is 0. The average Bonchev–Trinajstić information content (AvgIpc) is 3.24. The van der Waals surface area contributed by atoms with Crippen molar-refractivity contribution in [1.82, 2.24) is 19.6 Å². The molecule has 0 aliphatic carbocycles. The number of aromatic nitrogens is 4. The lowest BCUT2D eigenvalue weighted by molar-refractivity contribution is -0.114. The smallest absolute Gasteiger partial charge is 0.246 e. The summed E-state index contributed by atoms with van der Waals surface area (Å²) in [6.45, 7) is -0.363. The van der Waals surface area contributed by atoms with Gasteiger partial charge in [0.2, 0.25) is 15.9 Å². The molecule has 0 bridgehead atoms. The van der Waals surface area contributed by atoms with Crippen LogP contribution in [0.5, 0.6) is 0 Å². The number of carbonyl (C=O) groups is 1. The second kappa shape index (κ2) is 7.00. The molecule has 136 valence electrons. The van der Waals surface area contributed by atoms with Gasteiger partial charge in [0.1, 0.15) is 6.54 Å². The zero-order chi connectivity index (χ0) is 18.7. The first-order chi connectivity index (χ1) is 12.3. The maximum atomic E-state index is 12.3. The molecule has 0 saturated heterocycles. The van der Waals surface area contributed by atoms with Gasteiger partial charge in [-0.05, 0) is 24.3 Å². The van der Waals surface area contributed by atoms with Gasteiger partial charge in [0, 0.05) is 31.7 Å². The van der Waals surface area contributed by atoms with Gasteiger partial charge in [-0.3, -0.25) is 13.8 Å². The Hall–Kier alpha value is -3.14. The molecule has 0 unspecified atom stereocenters. The van der Waals surface area contributed by atoms with Gasteiger partial charge in [0.25, 0.3) is 0 Å². The third-order valence-corrected chi connectivity index (χ3v) is 4.70. The van der Waals surface area contributed by atoms with Gasteiger partial charge in [-0.2, -0.15) is 10.2 Å². The van der Waals surface area contributed by atoms with Gasteiger partial charge in [-0.15, -0.1) is 0 Å². The van der Waals surface area contributed by atoms with Crippen LogP contribution in [0.2, 0.25) is 0 Å². The third kappa shape index (κ3) is 4.09. The number of nitrogens with one attached hydrogen (secondary N) is 1. The van der Waals surface area contributed by atoms with E-state index >= 15 is 0 Å². The van der Waals surface area contributed by atoms with Crippen LogP contribution in [0, 0.1) is 0 Å². The fraction of sp³-hybridized carbons (Fsp3) is 0.188. The van der Waals surface area contributed by atoms with E-state index in [9.17, 15) is 13.2 Å². The molecule has 0 saturated carbocycles. The SMILES string of the molecule is Cn1ccc(NC(=O)CN(c2cccc(-n3cccn3)c2)S(C)(=O)=O)n1. The molecule has 2 heterocycles. The van der Waals surface area contributed by atoms with Gasteiger partial charge in [-0.1, -0.05) is 6.07 Å². The first-order valence-corrected chi connectivity index (χ1v) is 9.55. The molecule has 26 heavy (non-hydrogen) atoms. The zero-order valence-corrected chi connectivity index (χ0v) is 15.1. The number of hydrogen-bond donors (Lipinski definition) is 1.